The van der Waals surface area contributed by atoms with Crippen molar-refractivity contribution in [3.8, 4) is 22.6 Å². The van der Waals surface area contributed by atoms with Crippen LogP contribution in [0.4, 0.5) is 36.4 Å². The monoisotopic (exact) mass is 516 g/mol. The fourth-order valence-electron chi connectivity index (χ4n) is 3.32. The maximum atomic E-state index is 15.3. The molecule has 1 atom stereocenters. The Bertz CT molecular complexity index is 1220. The van der Waals surface area contributed by atoms with E-state index in [1.807, 2.05) is 0 Å². The summed E-state index contributed by atoms with van der Waals surface area (Å²) in [6, 6.07) is 13.7. The zero-order valence-electron chi connectivity index (χ0n) is 19.4. The molecule has 0 amide bonds. The highest BCUT2D eigenvalue weighted by atomic mass is 19.4. The number of hydrogen-bond acceptors (Lipinski definition) is 4. The van der Waals surface area contributed by atoms with Crippen LogP contribution < -0.4 is 15.0 Å². The van der Waals surface area contributed by atoms with Crippen LogP contribution in [0.5, 0.6) is 11.5 Å². The second-order valence-electron chi connectivity index (χ2n) is 8.41. The van der Waals surface area contributed by atoms with Crippen LogP contribution in [0.15, 0.2) is 60.7 Å². The quantitative estimate of drug-likeness (QED) is 0.270. The van der Waals surface area contributed by atoms with Gasteiger partial charge in [-0.05, 0) is 48.9 Å². The molecule has 0 radical (unpaired) electrons. The van der Waals surface area contributed by atoms with Gasteiger partial charge in [0.05, 0.1) is 11.3 Å². The highest BCUT2D eigenvalue weighted by Crippen LogP contribution is 2.38. The summed E-state index contributed by atoms with van der Waals surface area (Å²) in [4.78, 5) is 1.79. The summed E-state index contributed by atoms with van der Waals surface area (Å²) >= 11 is 0. The summed E-state index contributed by atoms with van der Waals surface area (Å²) in [5.74, 6) is -0.513. The molecule has 0 saturated heterocycles. The number of para-hydroxylation sites is 2. The van der Waals surface area contributed by atoms with Crippen molar-refractivity contribution >= 4 is 5.69 Å². The molecule has 3 aromatic rings. The van der Waals surface area contributed by atoms with E-state index >= 15 is 4.39 Å². The van der Waals surface area contributed by atoms with Gasteiger partial charge in [0.1, 0.15) is 11.6 Å². The van der Waals surface area contributed by atoms with E-state index in [4.69, 9.17) is 4.74 Å². The first kappa shape index (κ1) is 27.3. The Balaban J connectivity index is 2.03. The topological polar surface area (TPSA) is 44.7 Å². The molecule has 1 unspecified atom stereocenters. The lowest BCUT2D eigenvalue weighted by molar-refractivity contribution is -0.265. The molecule has 0 saturated carbocycles. The lowest BCUT2D eigenvalue weighted by atomic mass is 9.98. The number of nitrogens with one attached hydrogen (secondary N) is 1. The number of rotatable bonds is 7. The lowest BCUT2D eigenvalue weighted by Crippen LogP contribution is -2.54. The van der Waals surface area contributed by atoms with Gasteiger partial charge in [0.25, 0.3) is 0 Å². The van der Waals surface area contributed by atoms with Gasteiger partial charge in [0.15, 0.2) is 5.75 Å². The fraction of sp³-hybridized carbons (Fsp3) is 0.280. The smallest absolute Gasteiger partial charge is 0.430 e. The molecule has 36 heavy (non-hydrogen) atoms. The summed E-state index contributed by atoms with van der Waals surface area (Å²) < 4.78 is 101. The highest BCUT2D eigenvalue weighted by Gasteiger charge is 2.49. The minimum atomic E-state index is -5.14. The first-order valence-electron chi connectivity index (χ1n) is 10.6. The summed E-state index contributed by atoms with van der Waals surface area (Å²) in [5.41, 5.74) is -5.15. The molecular weight excluding hydrogens is 493 g/mol. The Morgan fingerprint density at radius 2 is 1.58 bits per heavy atom. The van der Waals surface area contributed by atoms with E-state index < -0.39 is 47.1 Å². The Hall–Kier alpha value is -3.31. The van der Waals surface area contributed by atoms with Gasteiger partial charge >= 0.3 is 12.4 Å². The van der Waals surface area contributed by atoms with E-state index in [2.05, 4.69) is 0 Å². The summed E-state index contributed by atoms with van der Waals surface area (Å²) in [6.45, 7) is -0.631. The second-order valence-corrected chi connectivity index (χ2v) is 8.41. The minimum Gasteiger partial charge on any atom is -0.455 e. The number of benzene rings is 3. The number of nitrogens with zero attached hydrogens (tertiary/aromatic N) is 1. The Kier molecular flexibility index (Phi) is 7.56. The molecule has 0 aliphatic carbocycles. The molecule has 2 N–H and O–H groups in total. The van der Waals surface area contributed by atoms with E-state index in [9.17, 15) is 31.4 Å². The van der Waals surface area contributed by atoms with E-state index in [1.54, 1.807) is 48.6 Å². The third-order valence-corrected chi connectivity index (χ3v) is 5.37. The first-order valence-corrected chi connectivity index (χ1v) is 10.6. The number of alkyl halides is 6. The lowest BCUT2D eigenvalue weighted by Gasteiger charge is -2.27. The zero-order valence-corrected chi connectivity index (χ0v) is 19.4. The second kappa shape index (κ2) is 9.98. The van der Waals surface area contributed by atoms with Crippen LogP contribution in [0.2, 0.25) is 0 Å². The van der Waals surface area contributed by atoms with Crippen molar-refractivity contribution in [3.05, 3.63) is 77.6 Å². The normalized spacial score (nSPS) is 13.9. The van der Waals surface area contributed by atoms with Crippen molar-refractivity contribution < 1.29 is 40.6 Å². The maximum Gasteiger partial charge on any atom is 0.430 e. The van der Waals surface area contributed by atoms with E-state index in [1.165, 1.54) is 24.3 Å². The van der Waals surface area contributed by atoms with Crippen LogP contribution in [0.25, 0.3) is 11.1 Å². The SMILES string of the molecule is CN(C)c1ccccc1Oc1cccc(-c2cc(C(F)(F)F)cc(CNC(C)(O)C(F)(F)F)c2F)c1. The predicted octanol–water partition coefficient (Wildman–Crippen LogP) is 6.73. The van der Waals surface area contributed by atoms with Crippen LogP contribution in [0.3, 0.4) is 0 Å². The van der Waals surface area contributed by atoms with Crippen molar-refractivity contribution in [1.82, 2.24) is 5.32 Å². The zero-order chi connectivity index (χ0) is 26.9. The van der Waals surface area contributed by atoms with Gasteiger partial charge in [-0.1, -0.05) is 24.3 Å². The average Bonchev–Trinajstić information content (AvgIpc) is 2.77. The number of hydrogen-bond donors (Lipinski definition) is 2. The molecule has 0 aliphatic rings. The van der Waals surface area contributed by atoms with Gasteiger partial charge in [-0.2, -0.15) is 26.3 Å². The number of ether oxygens (including phenoxy) is 1. The van der Waals surface area contributed by atoms with Gasteiger partial charge in [-0.15, -0.1) is 0 Å². The maximum absolute atomic E-state index is 15.3. The van der Waals surface area contributed by atoms with Gasteiger partial charge in [-0.3, -0.25) is 5.32 Å². The van der Waals surface area contributed by atoms with Gasteiger partial charge in [0.2, 0.25) is 5.72 Å². The molecule has 0 spiro atoms. The molecule has 0 fully saturated rings. The van der Waals surface area contributed by atoms with Gasteiger partial charge < -0.3 is 14.7 Å². The van der Waals surface area contributed by atoms with Gasteiger partial charge in [0, 0.05) is 31.8 Å². The average molecular weight is 516 g/mol. The highest BCUT2D eigenvalue weighted by molar-refractivity contribution is 5.68. The van der Waals surface area contributed by atoms with Crippen molar-refractivity contribution in [2.24, 2.45) is 0 Å². The van der Waals surface area contributed by atoms with Crippen LogP contribution in [0, 0.1) is 5.82 Å². The van der Waals surface area contributed by atoms with E-state index in [-0.39, 0.29) is 11.3 Å². The summed E-state index contributed by atoms with van der Waals surface area (Å²) in [7, 11) is 3.59. The van der Waals surface area contributed by atoms with Crippen molar-refractivity contribution in [2.75, 3.05) is 19.0 Å². The summed E-state index contributed by atoms with van der Waals surface area (Å²) in [5, 5.41) is 11.2. The Morgan fingerprint density at radius 3 is 2.19 bits per heavy atom. The number of aliphatic hydroxyl groups is 1. The third kappa shape index (κ3) is 6.08. The van der Waals surface area contributed by atoms with E-state index in [0.29, 0.717) is 24.8 Å². The predicted molar refractivity (Wildman–Crippen MR) is 121 cm³/mol. The van der Waals surface area contributed by atoms with Crippen LogP contribution in [-0.2, 0) is 12.7 Å². The molecule has 194 valence electrons. The minimum absolute atomic E-state index is 0.0160. The van der Waals surface area contributed by atoms with Gasteiger partial charge in [-0.25, -0.2) is 4.39 Å². The molecule has 3 aromatic carbocycles. The molecule has 0 bridgehead atoms. The number of anilines is 1. The van der Waals surface area contributed by atoms with Crippen LogP contribution in [0.1, 0.15) is 18.1 Å². The van der Waals surface area contributed by atoms with Crippen LogP contribution in [-0.4, -0.2) is 31.1 Å². The third-order valence-electron chi connectivity index (χ3n) is 5.37. The standard InChI is InChI=1S/C25H23F7N2O2/c1-23(35,25(30,31)32)33-14-16-11-17(24(27,28)29)13-19(22(16)26)15-7-6-8-18(12-15)36-21-10-5-4-9-20(21)34(2)3/h4-13,33,35H,14H2,1-3H3. The van der Waals surface area contributed by atoms with Crippen molar-refractivity contribution in [1.29, 1.82) is 0 Å². The largest absolute Gasteiger partial charge is 0.455 e. The Labute approximate surface area is 202 Å². The molecule has 0 aromatic heterocycles. The molecular formula is C25H23F7N2O2. The molecule has 0 aliphatic heterocycles. The molecule has 0 heterocycles. The number of halogens is 7. The fourth-order valence-corrected chi connectivity index (χ4v) is 3.32. The van der Waals surface area contributed by atoms with Crippen molar-refractivity contribution in [2.45, 2.75) is 31.5 Å². The molecule has 11 heteroatoms. The first-order chi connectivity index (χ1) is 16.6. The van der Waals surface area contributed by atoms with E-state index in [0.717, 1.165) is 5.69 Å². The van der Waals surface area contributed by atoms with Crippen LogP contribution >= 0.6 is 0 Å². The molecule has 3 rings (SSSR count). The van der Waals surface area contributed by atoms with Crippen molar-refractivity contribution in [3.63, 3.8) is 0 Å². The summed E-state index contributed by atoms with van der Waals surface area (Å²) in [6.07, 6.45) is -10.0. The molecule has 4 nitrogen and oxygen atoms in total. The Morgan fingerprint density at radius 1 is 0.917 bits per heavy atom.